The lowest BCUT2D eigenvalue weighted by molar-refractivity contribution is -0.120. The third-order valence-corrected chi connectivity index (χ3v) is 4.36. The molecule has 0 fully saturated rings. The summed E-state index contributed by atoms with van der Waals surface area (Å²) in [5.74, 6) is -0.514. The molecule has 4 nitrogen and oxygen atoms in total. The quantitative estimate of drug-likeness (QED) is 0.864. The Morgan fingerprint density at radius 2 is 1.87 bits per heavy atom. The van der Waals surface area contributed by atoms with Gasteiger partial charge in [-0.3, -0.25) is 10.1 Å². The van der Waals surface area contributed by atoms with E-state index >= 15 is 0 Å². The van der Waals surface area contributed by atoms with Crippen LogP contribution in [0.15, 0.2) is 42.5 Å². The van der Waals surface area contributed by atoms with Crippen LogP contribution in [0.3, 0.4) is 0 Å². The average Bonchev–Trinajstić information content (AvgIpc) is 2.55. The molecule has 23 heavy (non-hydrogen) atoms. The molecule has 0 aromatic heterocycles. The van der Waals surface area contributed by atoms with E-state index in [0.29, 0.717) is 21.2 Å². The van der Waals surface area contributed by atoms with Crippen molar-refractivity contribution in [2.75, 3.05) is 0 Å². The lowest BCUT2D eigenvalue weighted by Gasteiger charge is -2.22. The van der Waals surface area contributed by atoms with Gasteiger partial charge in [-0.25, -0.2) is 0 Å². The highest BCUT2D eigenvalue weighted by Crippen LogP contribution is 2.31. The Bertz CT molecular complexity index is 753. The number of hydrogen-bond acceptors (Lipinski definition) is 3. The molecule has 0 spiro atoms. The van der Waals surface area contributed by atoms with Crippen molar-refractivity contribution in [2.24, 2.45) is 5.73 Å². The molecule has 0 heterocycles. The molecule has 2 aromatic rings. The molecule has 0 saturated carbocycles. The highest BCUT2D eigenvalue weighted by molar-refractivity contribution is 6.42. The van der Waals surface area contributed by atoms with Crippen LogP contribution in [0.5, 0.6) is 0 Å². The number of nitrogens with two attached hydrogens (primary N) is 1. The second kappa shape index (κ2) is 7.47. The van der Waals surface area contributed by atoms with Gasteiger partial charge in [0.2, 0.25) is 5.91 Å². The molecule has 3 N–H and O–H groups in total. The molecule has 6 heteroatoms. The fraction of sp³-hybridized carbons (Fsp3) is 0.176. The minimum absolute atomic E-state index is 0.241. The number of nitrogens with one attached hydrogen (secondary N) is 1. The second-order valence-corrected chi connectivity index (χ2v) is 5.89. The Balaban J connectivity index is 2.27. The smallest absolute Gasteiger partial charge is 0.239 e. The number of carbonyl (C=O) groups is 1. The molecule has 118 valence electrons. The maximum Gasteiger partial charge on any atom is 0.239 e. The second-order valence-electron chi connectivity index (χ2n) is 5.10. The van der Waals surface area contributed by atoms with Crippen LogP contribution in [0, 0.1) is 11.3 Å². The third-order valence-electron chi connectivity index (χ3n) is 3.52. The van der Waals surface area contributed by atoms with Gasteiger partial charge in [0.25, 0.3) is 0 Å². The molecule has 0 aliphatic heterocycles. The topological polar surface area (TPSA) is 78.9 Å². The molecule has 0 saturated heterocycles. The van der Waals surface area contributed by atoms with Crippen molar-refractivity contribution in [3.8, 4) is 6.07 Å². The molecule has 0 aliphatic carbocycles. The predicted molar refractivity (Wildman–Crippen MR) is 91.1 cm³/mol. The first-order valence-electron chi connectivity index (χ1n) is 6.93. The van der Waals surface area contributed by atoms with Gasteiger partial charge < -0.3 is 5.73 Å². The Hall–Kier alpha value is -2.06. The van der Waals surface area contributed by atoms with E-state index in [-0.39, 0.29) is 6.04 Å². The SMILES string of the molecule is C[C@@H](N[C@@H](C(N)=O)c1ccc(C#N)cc1)c1cccc(Cl)c1Cl. The van der Waals surface area contributed by atoms with Crippen LogP contribution in [-0.2, 0) is 4.79 Å². The van der Waals surface area contributed by atoms with Gasteiger partial charge in [-0.2, -0.15) is 5.26 Å². The fourth-order valence-corrected chi connectivity index (χ4v) is 2.76. The largest absolute Gasteiger partial charge is 0.368 e. The maximum atomic E-state index is 11.8. The van der Waals surface area contributed by atoms with E-state index in [0.717, 1.165) is 5.56 Å². The van der Waals surface area contributed by atoms with Crippen molar-refractivity contribution in [2.45, 2.75) is 19.0 Å². The number of benzene rings is 2. The van der Waals surface area contributed by atoms with Crippen molar-refractivity contribution in [3.63, 3.8) is 0 Å². The summed E-state index contributed by atoms with van der Waals surface area (Å²) >= 11 is 12.2. The lowest BCUT2D eigenvalue weighted by atomic mass is 10.0. The maximum absolute atomic E-state index is 11.8. The summed E-state index contributed by atoms with van der Waals surface area (Å²) in [5.41, 5.74) is 7.48. The monoisotopic (exact) mass is 347 g/mol. The first-order valence-corrected chi connectivity index (χ1v) is 7.69. The molecule has 0 bridgehead atoms. The molecule has 1 amide bonds. The Labute approximate surface area is 144 Å². The van der Waals surface area contributed by atoms with Crippen molar-refractivity contribution < 1.29 is 4.79 Å². The number of hydrogen-bond donors (Lipinski definition) is 2. The normalized spacial score (nSPS) is 13.1. The summed E-state index contributed by atoms with van der Waals surface area (Å²) in [4.78, 5) is 11.8. The average molecular weight is 348 g/mol. The molecule has 0 unspecified atom stereocenters. The minimum Gasteiger partial charge on any atom is -0.368 e. The molecule has 0 radical (unpaired) electrons. The van der Waals surface area contributed by atoms with E-state index in [9.17, 15) is 4.79 Å². The zero-order valence-electron chi connectivity index (χ0n) is 12.4. The van der Waals surface area contributed by atoms with Crippen LogP contribution in [0.4, 0.5) is 0 Å². The highest BCUT2D eigenvalue weighted by atomic mass is 35.5. The number of primary amides is 1. The lowest BCUT2D eigenvalue weighted by Crippen LogP contribution is -2.35. The molecule has 0 aliphatic rings. The summed E-state index contributed by atoms with van der Waals surface area (Å²) in [6.45, 7) is 1.87. The van der Waals surface area contributed by atoms with Crippen LogP contribution < -0.4 is 11.1 Å². The van der Waals surface area contributed by atoms with E-state index in [2.05, 4.69) is 5.32 Å². The van der Waals surface area contributed by atoms with Gasteiger partial charge in [-0.1, -0.05) is 47.5 Å². The van der Waals surface area contributed by atoms with E-state index in [4.69, 9.17) is 34.2 Å². The predicted octanol–water partition coefficient (Wildman–Crippen LogP) is 3.74. The van der Waals surface area contributed by atoms with Gasteiger partial charge in [-0.15, -0.1) is 0 Å². The van der Waals surface area contributed by atoms with Crippen LogP contribution in [0.1, 0.15) is 35.7 Å². The summed E-state index contributed by atoms with van der Waals surface area (Å²) in [7, 11) is 0. The van der Waals surface area contributed by atoms with Crippen molar-refractivity contribution in [3.05, 3.63) is 69.2 Å². The molecule has 2 atom stereocenters. The van der Waals surface area contributed by atoms with Crippen LogP contribution in [0.2, 0.25) is 10.0 Å². The number of halogens is 2. The Kier molecular flexibility index (Phi) is 5.62. The minimum atomic E-state index is -0.701. The van der Waals surface area contributed by atoms with Gasteiger partial charge >= 0.3 is 0 Å². The third kappa shape index (κ3) is 4.02. The highest BCUT2D eigenvalue weighted by Gasteiger charge is 2.22. The fourth-order valence-electron chi connectivity index (χ4n) is 2.29. The van der Waals surface area contributed by atoms with Gasteiger partial charge in [-0.05, 0) is 36.2 Å². The van der Waals surface area contributed by atoms with Crippen LogP contribution in [0.25, 0.3) is 0 Å². The van der Waals surface area contributed by atoms with E-state index in [1.165, 1.54) is 0 Å². The van der Waals surface area contributed by atoms with Gasteiger partial charge in [0, 0.05) is 6.04 Å². The first-order chi connectivity index (χ1) is 10.9. The van der Waals surface area contributed by atoms with Gasteiger partial charge in [0.05, 0.1) is 21.7 Å². The van der Waals surface area contributed by atoms with E-state index < -0.39 is 11.9 Å². The number of amides is 1. The molecular weight excluding hydrogens is 333 g/mol. The summed E-state index contributed by atoms with van der Waals surface area (Å²) in [5, 5.41) is 12.9. The van der Waals surface area contributed by atoms with Crippen LogP contribution in [-0.4, -0.2) is 5.91 Å². The Morgan fingerprint density at radius 3 is 2.43 bits per heavy atom. The zero-order valence-corrected chi connectivity index (χ0v) is 13.9. The zero-order chi connectivity index (χ0) is 17.0. The molecule has 2 rings (SSSR count). The van der Waals surface area contributed by atoms with Gasteiger partial charge in [0.15, 0.2) is 0 Å². The molecule has 2 aromatic carbocycles. The van der Waals surface area contributed by atoms with Crippen molar-refractivity contribution in [1.29, 1.82) is 5.26 Å². The van der Waals surface area contributed by atoms with Crippen molar-refractivity contribution in [1.82, 2.24) is 5.32 Å². The number of nitrogens with zero attached hydrogens (tertiary/aromatic N) is 1. The Morgan fingerprint density at radius 1 is 1.22 bits per heavy atom. The molecular formula is C17H15Cl2N3O. The standard InChI is InChI=1S/C17H15Cl2N3O/c1-10(13-3-2-4-14(18)15(13)19)22-16(17(21)23)12-7-5-11(9-20)6-8-12/h2-8,10,16,22H,1H3,(H2,21,23)/t10-,16-/m1/s1. The number of nitriles is 1. The summed E-state index contributed by atoms with van der Waals surface area (Å²) in [6.07, 6.45) is 0. The van der Waals surface area contributed by atoms with Gasteiger partial charge in [0.1, 0.15) is 6.04 Å². The van der Waals surface area contributed by atoms with Crippen LogP contribution >= 0.6 is 23.2 Å². The summed E-state index contributed by atoms with van der Waals surface area (Å²) in [6, 6.07) is 13.1. The van der Waals surface area contributed by atoms with E-state index in [1.807, 2.05) is 19.1 Å². The van der Waals surface area contributed by atoms with Crippen molar-refractivity contribution >= 4 is 29.1 Å². The van der Waals surface area contributed by atoms with E-state index in [1.54, 1.807) is 36.4 Å². The summed E-state index contributed by atoms with van der Waals surface area (Å²) < 4.78 is 0. The number of rotatable bonds is 5. The number of carbonyl (C=O) groups excluding carboxylic acids is 1. The first kappa shape index (κ1) is 17.3.